The fourth-order valence-electron chi connectivity index (χ4n) is 1.10. The van der Waals surface area contributed by atoms with Crippen molar-refractivity contribution in [2.75, 3.05) is 0 Å². The molecule has 0 fully saturated rings. The van der Waals surface area contributed by atoms with Crippen molar-refractivity contribution >= 4 is 11.4 Å². The molecule has 0 aliphatic heterocycles. The Morgan fingerprint density at radius 2 is 2.38 bits per heavy atom. The van der Waals surface area contributed by atoms with Crippen LogP contribution in [0.1, 0.15) is 12.6 Å². The lowest BCUT2D eigenvalue weighted by Gasteiger charge is -1.97. The van der Waals surface area contributed by atoms with E-state index in [9.17, 15) is 4.79 Å². The smallest absolute Gasteiger partial charge is 0.197 e. The van der Waals surface area contributed by atoms with E-state index in [1.165, 1.54) is 11.4 Å². The lowest BCUT2D eigenvalue weighted by atomic mass is 10.2. The molecule has 6 nitrogen and oxygen atoms in total. The van der Waals surface area contributed by atoms with Crippen LogP contribution in [-0.4, -0.2) is 30.8 Å². The van der Waals surface area contributed by atoms with Crippen molar-refractivity contribution in [2.45, 2.75) is 13.3 Å². The van der Waals surface area contributed by atoms with Crippen molar-refractivity contribution in [3.63, 3.8) is 0 Å². The highest BCUT2D eigenvalue weighted by Crippen LogP contribution is 2.00. The first-order chi connectivity index (χ1) is 6.27. The molecule has 0 saturated carbocycles. The van der Waals surface area contributed by atoms with Gasteiger partial charge in [0.1, 0.15) is 5.78 Å². The van der Waals surface area contributed by atoms with Gasteiger partial charge in [-0.15, -0.1) is 5.10 Å². The van der Waals surface area contributed by atoms with E-state index in [0.29, 0.717) is 17.8 Å². The molecule has 0 amide bonds. The fraction of sp³-hybridized carbons (Fsp3) is 0.286. The number of hydrogen-bond donors (Lipinski definition) is 0. The lowest BCUT2D eigenvalue weighted by molar-refractivity contribution is -0.116. The number of ketones is 1. The Morgan fingerprint density at radius 3 is 3.15 bits per heavy atom. The van der Waals surface area contributed by atoms with E-state index in [1.807, 2.05) is 0 Å². The molecule has 66 valence electrons. The molecule has 0 unspecified atom stereocenters. The molecule has 0 aromatic carbocycles. The van der Waals surface area contributed by atoms with Crippen LogP contribution >= 0.6 is 0 Å². The van der Waals surface area contributed by atoms with Crippen LogP contribution < -0.4 is 0 Å². The van der Waals surface area contributed by atoms with Gasteiger partial charge >= 0.3 is 0 Å². The molecule has 13 heavy (non-hydrogen) atoms. The number of nitrogens with zero attached hydrogens (tertiary/aromatic N) is 5. The minimum Gasteiger partial charge on any atom is -0.300 e. The third kappa shape index (κ3) is 1.37. The van der Waals surface area contributed by atoms with E-state index >= 15 is 0 Å². The maximum atomic E-state index is 10.9. The molecule has 0 aliphatic carbocycles. The van der Waals surface area contributed by atoms with Gasteiger partial charge in [0, 0.05) is 6.20 Å². The first-order valence-corrected chi connectivity index (χ1v) is 3.78. The highest BCUT2D eigenvalue weighted by atomic mass is 16.1. The first kappa shape index (κ1) is 7.78. The SMILES string of the molecule is CC(=O)Cc1cncc2nnnn12. The number of rotatable bonds is 2. The zero-order valence-electron chi connectivity index (χ0n) is 7.01. The van der Waals surface area contributed by atoms with E-state index in [4.69, 9.17) is 0 Å². The molecule has 2 heterocycles. The second-order valence-corrected chi connectivity index (χ2v) is 2.73. The third-order valence-electron chi connectivity index (χ3n) is 1.61. The maximum absolute atomic E-state index is 10.9. The average Bonchev–Trinajstić information content (AvgIpc) is 2.51. The topological polar surface area (TPSA) is 73.0 Å². The molecule has 0 spiro atoms. The van der Waals surface area contributed by atoms with Crippen LogP contribution in [0.2, 0.25) is 0 Å². The number of aromatic nitrogens is 5. The summed E-state index contributed by atoms with van der Waals surface area (Å²) in [5, 5.41) is 10.9. The van der Waals surface area contributed by atoms with E-state index in [-0.39, 0.29) is 5.78 Å². The Kier molecular flexibility index (Phi) is 1.73. The minimum atomic E-state index is 0.0600. The van der Waals surface area contributed by atoms with Gasteiger partial charge in [-0.3, -0.25) is 9.78 Å². The summed E-state index contributed by atoms with van der Waals surface area (Å²) in [5.74, 6) is 0.0600. The third-order valence-corrected chi connectivity index (χ3v) is 1.61. The molecule has 0 saturated heterocycles. The van der Waals surface area contributed by atoms with Gasteiger partial charge in [-0.05, 0) is 17.4 Å². The van der Waals surface area contributed by atoms with E-state index < -0.39 is 0 Å². The first-order valence-electron chi connectivity index (χ1n) is 3.78. The number of fused-ring (bicyclic) bond motifs is 1. The summed E-state index contributed by atoms with van der Waals surface area (Å²) < 4.78 is 1.51. The zero-order chi connectivity index (χ0) is 9.26. The molecule has 0 aliphatic rings. The van der Waals surface area contributed by atoms with Crippen LogP contribution in [0.3, 0.4) is 0 Å². The molecule has 0 bridgehead atoms. The van der Waals surface area contributed by atoms with Crippen molar-refractivity contribution in [2.24, 2.45) is 0 Å². The minimum absolute atomic E-state index is 0.0600. The molecular formula is C7H7N5O. The summed E-state index contributed by atoms with van der Waals surface area (Å²) in [6.45, 7) is 1.52. The number of Topliss-reactive ketones (excluding diaryl/α,β-unsaturated/α-hetero) is 1. The van der Waals surface area contributed by atoms with Crippen molar-refractivity contribution in [1.29, 1.82) is 0 Å². The number of hydrogen-bond acceptors (Lipinski definition) is 5. The predicted octanol–water partition coefficient (Wildman–Crippen LogP) is -0.349. The van der Waals surface area contributed by atoms with Gasteiger partial charge < -0.3 is 0 Å². The number of tetrazole rings is 1. The standard InChI is InChI=1S/C7H7N5O/c1-5(13)2-6-3-8-4-7-9-10-11-12(6)7/h3-4H,2H2,1H3. The maximum Gasteiger partial charge on any atom is 0.197 e. The van der Waals surface area contributed by atoms with E-state index in [0.717, 1.165) is 0 Å². The average molecular weight is 177 g/mol. The molecule has 2 rings (SSSR count). The zero-order valence-corrected chi connectivity index (χ0v) is 7.01. The summed E-state index contributed by atoms with van der Waals surface area (Å²) >= 11 is 0. The van der Waals surface area contributed by atoms with E-state index in [2.05, 4.69) is 20.5 Å². The van der Waals surface area contributed by atoms with Crippen LogP contribution in [0.4, 0.5) is 0 Å². The van der Waals surface area contributed by atoms with Gasteiger partial charge in [0.25, 0.3) is 0 Å². The Morgan fingerprint density at radius 1 is 1.54 bits per heavy atom. The van der Waals surface area contributed by atoms with Gasteiger partial charge in [-0.2, -0.15) is 4.52 Å². The largest absolute Gasteiger partial charge is 0.300 e. The predicted molar refractivity (Wildman–Crippen MR) is 43.0 cm³/mol. The fourth-order valence-corrected chi connectivity index (χ4v) is 1.10. The summed E-state index contributed by atoms with van der Waals surface area (Å²) in [6, 6.07) is 0. The van der Waals surface area contributed by atoms with Gasteiger partial charge in [-0.1, -0.05) is 0 Å². The Labute approximate surface area is 73.6 Å². The highest BCUT2D eigenvalue weighted by Gasteiger charge is 2.05. The Hall–Kier alpha value is -1.85. The van der Waals surface area contributed by atoms with E-state index in [1.54, 1.807) is 12.4 Å². The van der Waals surface area contributed by atoms with Gasteiger partial charge in [0.15, 0.2) is 5.65 Å². The van der Waals surface area contributed by atoms with Crippen LogP contribution in [0, 0.1) is 0 Å². The molecule has 0 N–H and O–H groups in total. The van der Waals surface area contributed by atoms with Crippen LogP contribution in [0.15, 0.2) is 12.4 Å². The summed E-state index contributed by atoms with van der Waals surface area (Å²) in [6.07, 6.45) is 3.43. The van der Waals surface area contributed by atoms with Gasteiger partial charge in [0.2, 0.25) is 0 Å². The number of carbonyl (C=O) groups excluding carboxylic acids is 1. The van der Waals surface area contributed by atoms with Gasteiger partial charge in [0.05, 0.1) is 18.3 Å². The molecular weight excluding hydrogens is 170 g/mol. The van der Waals surface area contributed by atoms with Crippen molar-refractivity contribution in [3.05, 3.63) is 18.1 Å². The lowest BCUT2D eigenvalue weighted by Crippen LogP contribution is -2.05. The number of carbonyl (C=O) groups is 1. The summed E-state index contributed by atoms with van der Waals surface area (Å²) in [4.78, 5) is 14.8. The monoisotopic (exact) mass is 177 g/mol. The van der Waals surface area contributed by atoms with Crippen LogP contribution in [0.5, 0.6) is 0 Å². The molecule has 6 heteroatoms. The second kappa shape index (κ2) is 2.89. The summed E-state index contributed by atoms with van der Waals surface area (Å²) in [5.41, 5.74) is 1.26. The van der Waals surface area contributed by atoms with Crippen LogP contribution in [0.25, 0.3) is 5.65 Å². The normalized spacial score (nSPS) is 10.5. The Bertz CT molecular complexity index is 449. The van der Waals surface area contributed by atoms with Crippen LogP contribution in [-0.2, 0) is 11.2 Å². The second-order valence-electron chi connectivity index (χ2n) is 2.73. The summed E-state index contributed by atoms with van der Waals surface area (Å²) in [7, 11) is 0. The highest BCUT2D eigenvalue weighted by molar-refractivity contribution is 5.77. The van der Waals surface area contributed by atoms with Crippen molar-refractivity contribution < 1.29 is 4.79 Å². The molecule has 0 radical (unpaired) electrons. The van der Waals surface area contributed by atoms with Gasteiger partial charge in [-0.25, -0.2) is 0 Å². The molecule has 0 atom stereocenters. The molecule has 2 aromatic heterocycles. The quantitative estimate of drug-likeness (QED) is 0.626. The van der Waals surface area contributed by atoms with Crippen molar-refractivity contribution in [3.8, 4) is 0 Å². The molecule has 2 aromatic rings. The Balaban J connectivity index is 2.54. The van der Waals surface area contributed by atoms with Crippen molar-refractivity contribution in [1.82, 2.24) is 25.0 Å².